The Balaban J connectivity index is 1.27. The van der Waals surface area contributed by atoms with E-state index in [9.17, 15) is 18.8 Å². The number of anilines is 1. The first-order chi connectivity index (χ1) is 18.8. The van der Waals surface area contributed by atoms with Crippen LogP contribution in [0, 0.1) is 9.39 Å². The summed E-state index contributed by atoms with van der Waals surface area (Å²) in [6, 6.07) is 14.6. The van der Waals surface area contributed by atoms with Crippen molar-refractivity contribution in [3.05, 3.63) is 80.0 Å². The van der Waals surface area contributed by atoms with Crippen molar-refractivity contribution in [2.24, 2.45) is 0 Å². The lowest BCUT2D eigenvalue weighted by Crippen LogP contribution is -2.36. The van der Waals surface area contributed by atoms with E-state index in [1.807, 2.05) is 0 Å². The molecule has 0 unspecified atom stereocenters. The van der Waals surface area contributed by atoms with Gasteiger partial charge in [-0.05, 0) is 76.3 Å². The molecule has 1 N–H and O–H groups in total. The number of ether oxygens (including phenoxy) is 4. The van der Waals surface area contributed by atoms with E-state index in [4.69, 9.17) is 18.9 Å². The van der Waals surface area contributed by atoms with Gasteiger partial charge < -0.3 is 24.3 Å². The quantitative estimate of drug-likeness (QED) is 0.252. The lowest BCUT2D eigenvalue weighted by molar-refractivity contribution is -0.127. The summed E-state index contributed by atoms with van der Waals surface area (Å²) in [4.78, 5) is 39.1. The number of benzene rings is 3. The summed E-state index contributed by atoms with van der Waals surface area (Å²) in [6.07, 6.45) is 1.55. The van der Waals surface area contributed by atoms with Crippen molar-refractivity contribution in [3.8, 4) is 23.0 Å². The highest BCUT2D eigenvalue weighted by Gasteiger charge is 2.36. The molecule has 0 atom stereocenters. The highest BCUT2D eigenvalue weighted by atomic mass is 127. The molecule has 3 aromatic carbocycles. The Bertz CT molecular complexity index is 1510. The van der Waals surface area contributed by atoms with Gasteiger partial charge in [-0.15, -0.1) is 0 Å². The molecular formula is C27H20FIN2O7S. The molecule has 2 aliphatic heterocycles. The van der Waals surface area contributed by atoms with Crippen LogP contribution in [-0.2, 0) is 16.2 Å². The fourth-order valence-electron chi connectivity index (χ4n) is 3.83. The largest absolute Gasteiger partial charge is 0.493 e. The zero-order valence-corrected chi connectivity index (χ0v) is 23.3. The third kappa shape index (κ3) is 5.96. The van der Waals surface area contributed by atoms with Crippen LogP contribution in [0.1, 0.15) is 11.1 Å². The number of fused-ring (bicyclic) bond motifs is 1. The Morgan fingerprint density at radius 1 is 1.15 bits per heavy atom. The Morgan fingerprint density at radius 3 is 2.74 bits per heavy atom. The minimum Gasteiger partial charge on any atom is -0.493 e. The van der Waals surface area contributed by atoms with E-state index in [0.29, 0.717) is 43.4 Å². The van der Waals surface area contributed by atoms with Crippen LogP contribution >= 0.6 is 34.4 Å². The number of nitrogens with zero attached hydrogens (tertiary/aromatic N) is 1. The zero-order valence-electron chi connectivity index (χ0n) is 20.4. The second-order valence-electron chi connectivity index (χ2n) is 8.30. The monoisotopic (exact) mass is 662 g/mol. The maximum Gasteiger partial charge on any atom is 0.294 e. The third-order valence-electron chi connectivity index (χ3n) is 5.71. The number of nitrogens with one attached hydrogen (secondary N) is 1. The molecule has 3 aromatic rings. The van der Waals surface area contributed by atoms with Crippen LogP contribution in [0.15, 0.2) is 59.5 Å². The zero-order chi connectivity index (χ0) is 27.5. The molecule has 9 nitrogen and oxygen atoms in total. The Morgan fingerprint density at radius 2 is 1.95 bits per heavy atom. The van der Waals surface area contributed by atoms with Crippen LogP contribution in [0.2, 0.25) is 0 Å². The van der Waals surface area contributed by atoms with Gasteiger partial charge in [-0.3, -0.25) is 19.3 Å². The van der Waals surface area contributed by atoms with Gasteiger partial charge in [0.25, 0.3) is 11.1 Å². The average Bonchev–Trinajstić information content (AvgIpc) is 3.48. The summed E-state index contributed by atoms with van der Waals surface area (Å²) in [5.41, 5.74) is 1.44. The summed E-state index contributed by atoms with van der Waals surface area (Å²) in [5, 5.41) is 2.10. The van der Waals surface area contributed by atoms with Crippen LogP contribution in [-0.4, -0.2) is 42.4 Å². The van der Waals surface area contributed by atoms with Gasteiger partial charge in [-0.25, -0.2) is 4.39 Å². The first-order valence-electron chi connectivity index (χ1n) is 11.5. The molecule has 0 saturated carbocycles. The number of imide groups is 1. The summed E-state index contributed by atoms with van der Waals surface area (Å²) in [6.45, 7) is -0.337. The number of carbonyl (C=O) groups is 3. The van der Waals surface area contributed by atoms with Crippen molar-refractivity contribution in [1.82, 2.24) is 4.90 Å². The highest BCUT2D eigenvalue weighted by molar-refractivity contribution is 14.1. The molecule has 0 spiro atoms. The standard InChI is InChI=1S/C27H20FIN2O7S/c1-35-22-9-15(8-19(29)25(22)36-13-16-4-2-3-5-18(16)28)10-23-26(33)31(27(34)39-23)12-24(32)30-17-6-7-20-21(11-17)38-14-37-20/h2-11H,12-14H2,1H3,(H,30,32)/b23-10+. The number of rotatable bonds is 8. The number of halogens is 2. The van der Waals surface area contributed by atoms with E-state index >= 15 is 0 Å². The van der Waals surface area contributed by atoms with Crippen LogP contribution < -0.4 is 24.3 Å². The lowest BCUT2D eigenvalue weighted by Gasteiger charge is -2.14. The predicted octanol–water partition coefficient (Wildman–Crippen LogP) is 5.42. The summed E-state index contributed by atoms with van der Waals surface area (Å²) >= 11 is 2.80. The molecule has 12 heteroatoms. The van der Waals surface area contributed by atoms with Crippen molar-refractivity contribution in [3.63, 3.8) is 0 Å². The number of amides is 3. The second kappa shape index (κ2) is 11.5. The highest BCUT2D eigenvalue weighted by Crippen LogP contribution is 2.38. The molecule has 2 aliphatic rings. The molecule has 200 valence electrons. The third-order valence-corrected chi connectivity index (χ3v) is 7.42. The Kier molecular flexibility index (Phi) is 7.93. The van der Waals surface area contributed by atoms with Crippen LogP contribution in [0.25, 0.3) is 6.08 Å². The average molecular weight is 662 g/mol. The second-order valence-corrected chi connectivity index (χ2v) is 10.5. The lowest BCUT2D eigenvalue weighted by atomic mass is 10.1. The first kappa shape index (κ1) is 26.8. The molecular weight excluding hydrogens is 642 g/mol. The van der Waals surface area contributed by atoms with Gasteiger partial charge in [0.2, 0.25) is 12.7 Å². The van der Waals surface area contributed by atoms with Crippen LogP contribution in [0.5, 0.6) is 23.0 Å². The minimum absolute atomic E-state index is 0.00555. The molecule has 0 aliphatic carbocycles. The normalized spacial score (nSPS) is 15.2. The van der Waals surface area contributed by atoms with Gasteiger partial charge in [0.15, 0.2) is 23.0 Å². The van der Waals surface area contributed by atoms with Crippen molar-refractivity contribution in [1.29, 1.82) is 0 Å². The van der Waals surface area contributed by atoms with Gasteiger partial charge in [-0.1, -0.05) is 18.2 Å². The molecule has 2 heterocycles. The SMILES string of the molecule is COc1cc(/C=C2/SC(=O)N(CC(=O)Nc3ccc4c(c3)OCO4)C2=O)cc(I)c1OCc1ccccc1F. The summed E-state index contributed by atoms with van der Waals surface area (Å²) in [5.74, 6) is 0.377. The van der Waals surface area contributed by atoms with Crippen molar-refractivity contribution in [2.75, 3.05) is 25.8 Å². The fraction of sp³-hybridized carbons (Fsp3) is 0.148. The number of thioether (sulfide) groups is 1. The number of carbonyl (C=O) groups excluding carboxylic acids is 3. The molecule has 0 bridgehead atoms. The van der Waals surface area contributed by atoms with Gasteiger partial charge in [0.1, 0.15) is 19.0 Å². The van der Waals surface area contributed by atoms with E-state index in [-0.39, 0.29) is 24.1 Å². The molecule has 1 fully saturated rings. The maximum absolute atomic E-state index is 14.0. The van der Waals surface area contributed by atoms with Crippen LogP contribution in [0.4, 0.5) is 14.9 Å². The smallest absolute Gasteiger partial charge is 0.294 e. The molecule has 39 heavy (non-hydrogen) atoms. The number of hydrogen-bond acceptors (Lipinski definition) is 8. The van der Waals surface area contributed by atoms with E-state index in [0.717, 1.165) is 16.7 Å². The van der Waals surface area contributed by atoms with E-state index in [1.54, 1.807) is 54.6 Å². The molecule has 1 saturated heterocycles. The first-order valence-corrected chi connectivity index (χ1v) is 13.4. The van der Waals surface area contributed by atoms with Gasteiger partial charge in [0.05, 0.1) is 15.6 Å². The number of hydrogen-bond donors (Lipinski definition) is 1. The van der Waals surface area contributed by atoms with Crippen molar-refractivity contribution >= 4 is 63.2 Å². The molecule has 0 aromatic heterocycles. The maximum atomic E-state index is 14.0. The van der Waals surface area contributed by atoms with Crippen molar-refractivity contribution in [2.45, 2.75) is 6.61 Å². The minimum atomic E-state index is -0.584. The molecule has 3 amide bonds. The Hall–Kier alpha value is -3.78. The summed E-state index contributed by atoms with van der Waals surface area (Å²) in [7, 11) is 1.47. The van der Waals surface area contributed by atoms with Crippen molar-refractivity contribution < 1.29 is 37.7 Å². The Labute approximate surface area is 240 Å². The molecule has 5 rings (SSSR count). The topological polar surface area (TPSA) is 103 Å². The van der Waals surface area contributed by atoms with Crippen LogP contribution in [0.3, 0.4) is 0 Å². The van der Waals surface area contributed by atoms with Gasteiger partial charge in [0, 0.05) is 17.3 Å². The fourth-order valence-corrected chi connectivity index (χ4v) is 5.45. The summed E-state index contributed by atoms with van der Waals surface area (Å²) < 4.78 is 36.5. The van der Waals surface area contributed by atoms with E-state index < -0.39 is 23.6 Å². The van der Waals surface area contributed by atoms with Gasteiger partial charge >= 0.3 is 0 Å². The molecule has 0 radical (unpaired) electrons. The van der Waals surface area contributed by atoms with E-state index in [2.05, 4.69) is 27.9 Å². The predicted molar refractivity (Wildman–Crippen MR) is 150 cm³/mol. The number of methoxy groups -OCH3 is 1. The van der Waals surface area contributed by atoms with E-state index in [1.165, 1.54) is 13.2 Å². The van der Waals surface area contributed by atoms with Gasteiger partial charge in [-0.2, -0.15) is 0 Å².